The third-order valence-corrected chi connectivity index (χ3v) is 4.24. The first kappa shape index (κ1) is 17.6. The fourth-order valence-electron chi connectivity index (χ4n) is 2.83. The van der Waals surface area contributed by atoms with Gasteiger partial charge in [-0.1, -0.05) is 36.4 Å². The quantitative estimate of drug-likeness (QED) is 0.693. The van der Waals surface area contributed by atoms with Crippen LogP contribution in [0.1, 0.15) is 34.5 Å². The number of hydrogen-bond acceptors (Lipinski definition) is 5. The fourth-order valence-corrected chi connectivity index (χ4v) is 2.83. The molecule has 1 unspecified atom stereocenters. The second-order valence-electron chi connectivity index (χ2n) is 6.08. The second kappa shape index (κ2) is 7.78. The predicted molar refractivity (Wildman–Crippen MR) is 102 cm³/mol. The number of ether oxygens (including phenoxy) is 1. The first-order valence-corrected chi connectivity index (χ1v) is 8.41. The lowest BCUT2D eigenvalue weighted by Gasteiger charge is -2.18. The van der Waals surface area contributed by atoms with Crippen molar-refractivity contribution >= 4 is 11.8 Å². The Hall–Kier alpha value is -3.21. The number of aryl methyl sites for hydroxylation is 1. The molecule has 0 saturated heterocycles. The maximum atomic E-state index is 11.8. The Morgan fingerprint density at radius 2 is 1.88 bits per heavy atom. The molecule has 5 heteroatoms. The molecule has 0 aliphatic carbocycles. The zero-order chi connectivity index (χ0) is 18.5. The Bertz CT molecular complexity index is 910. The minimum Gasteiger partial charge on any atom is -0.465 e. The molecule has 132 valence electrons. The molecule has 0 aliphatic heterocycles. The van der Waals surface area contributed by atoms with Gasteiger partial charge in [-0.3, -0.25) is 4.98 Å². The molecule has 0 fully saturated rings. The Kier molecular flexibility index (Phi) is 5.27. The SMILES string of the molecule is COC(=O)c1ccc(C)c(C(C)Nc2cncc(-c3ccccc3)n2)c1. The number of aromatic nitrogens is 2. The van der Waals surface area contributed by atoms with E-state index in [-0.39, 0.29) is 12.0 Å². The van der Waals surface area contributed by atoms with Gasteiger partial charge < -0.3 is 10.1 Å². The van der Waals surface area contributed by atoms with E-state index in [0.717, 1.165) is 22.4 Å². The summed E-state index contributed by atoms with van der Waals surface area (Å²) in [5, 5.41) is 3.37. The van der Waals surface area contributed by atoms with E-state index >= 15 is 0 Å². The van der Waals surface area contributed by atoms with Gasteiger partial charge >= 0.3 is 5.97 Å². The third kappa shape index (κ3) is 3.88. The van der Waals surface area contributed by atoms with Crippen LogP contribution in [0.4, 0.5) is 5.82 Å². The number of methoxy groups -OCH3 is 1. The van der Waals surface area contributed by atoms with Gasteiger partial charge in [0, 0.05) is 5.56 Å². The van der Waals surface area contributed by atoms with Gasteiger partial charge in [0.1, 0.15) is 5.82 Å². The van der Waals surface area contributed by atoms with Crippen molar-refractivity contribution < 1.29 is 9.53 Å². The maximum absolute atomic E-state index is 11.8. The zero-order valence-electron chi connectivity index (χ0n) is 15.1. The van der Waals surface area contributed by atoms with Crippen LogP contribution in [0, 0.1) is 6.92 Å². The average molecular weight is 347 g/mol. The highest BCUT2D eigenvalue weighted by molar-refractivity contribution is 5.89. The van der Waals surface area contributed by atoms with Crippen LogP contribution in [0.25, 0.3) is 11.3 Å². The van der Waals surface area contributed by atoms with Crippen LogP contribution < -0.4 is 5.32 Å². The van der Waals surface area contributed by atoms with E-state index in [2.05, 4.69) is 15.3 Å². The summed E-state index contributed by atoms with van der Waals surface area (Å²) in [5.41, 5.74) is 4.46. The molecule has 0 aliphatic rings. The van der Waals surface area contributed by atoms with E-state index in [9.17, 15) is 4.79 Å². The Balaban J connectivity index is 1.84. The molecule has 2 aromatic carbocycles. The molecule has 1 atom stereocenters. The third-order valence-electron chi connectivity index (χ3n) is 4.24. The van der Waals surface area contributed by atoms with Crippen LogP contribution in [-0.2, 0) is 4.74 Å². The van der Waals surface area contributed by atoms with Gasteiger partial charge in [0.25, 0.3) is 0 Å². The van der Waals surface area contributed by atoms with Gasteiger partial charge in [-0.05, 0) is 37.1 Å². The lowest BCUT2D eigenvalue weighted by Crippen LogP contribution is -2.11. The minimum atomic E-state index is -0.343. The molecule has 0 amide bonds. The largest absolute Gasteiger partial charge is 0.465 e. The molecule has 5 nitrogen and oxygen atoms in total. The number of hydrogen-bond donors (Lipinski definition) is 1. The summed E-state index contributed by atoms with van der Waals surface area (Å²) in [4.78, 5) is 20.7. The Morgan fingerprint density at radius 1 is 1.12 bits per heavy atom. The van der Waals surface area contributed by atoms with Crippen LogP contribution in [0.5, 0.6) is 0 Å². The van der Waals surface area contributed by atoms with Gasteiger partial charge in [-0.15, -0.1) is 0 Å². The summed E-state index contributed by atoms with van der Waals surface area (Å²) in [5.74, 6) is 0.339. The maximum Gasteiger partial charge on any atom is 0.337 e. The Labute approximate surface area is 153 Å². The molecule has 0 radical (unpaired) electrons. The summed E-state index contributed by atoms with van der Waals surface area (Å²) in [7, 11) is 1.38. The highest BCUT2D eigenvalue weighted by atomic mass is 16.5. The van der Waals surface area contributed by atoms with Gasteiger partial charge in [0.05, 0.1) is 36.8 Å². The van der Waals surface area contributed by atoms with Crippen molar-refractivity contribution in [1.82, 2.24) is 9.97 Å². The Morgan fingerprint density at radius 3 is 2.62 bits per heavy atom. The number of anilines is 1. The molecular formula is C21H21N3O2. The average Bonchev–Trinajstić information content (AvgIpc) is 2.68. The summed E-state index contributed by atoms with van der Waals surface area (Å²) in [6.45, 7) is 4.04. The fraction of sp³-hybridized carbons (Fsp3) is 0.190. The molecule has 1 N–H and O–H groups in total. The summed E-state index contributed by atoms with van der Waals surface area (Å²) < 4.78 is 4.81. The number of esters is 1. The van der Waals surface area contributed by atoms with E-state index in [1.54, 1.807) is 18.5 Å². The van der Waals surface area contributed by atoms with E-state index in [1.165, 1.54) is 7.11 Å². The van der Waals surface area contributed by atoms with Crippen LogP contribution >= 0.6 is 0 Å². The summed E-state index contributed by atoms with van der Waals surface area (Å²) >= 11 is 0. The van der Waals surface area contributed by atoms with Crippen molar-refractivity contribution in [2.75, 3.05) is 12.4 Å². The molecular weight excluding hydrogens is 326 g/mol. The van der Waals surface area contributed by atoms with Crippen molar-refractivity contribution in [3.05, 3.63) is 77.6 Å². The predicted octanol–water partition coefficient (Wildman–Crippen LogP) is 4.41. The highest BCUT2D eigenvalue weighted by Crippen LogP contribution is 2.24. The number of carbonyl (C=O) groups is 1. The first-order chi connectivity index (χ1) is 12.6. The normalized spacial score (nSPS) is 11.7. The lowest BCUT2D eigenvalue weighted by atomic mass is 9.99. The van der Waals surface area contributed by atoms with Crippen LogP contribution in [0.15, 0.2) is 60.9 Å². The van der Waals surface area contributed by atoms with Crippen LogP contribution in [0.2, 0.25) is 0 Å². The number of benzene rings is 2. The topological polar surface area (TPSA) is 64.1 Å². The van der Waals surface area contributed by atoms with Crippen molar-refractivity contribution in [2.45, 2.75) is 19.9 Å². The van der Waals surface area contributed by atoms with E-state index in [4.69, 9.17) is 4.74 Å². The summed E-state index contributed by atoms with van der Waals surface area (Å²) in [6.07, 6.45) is 3.44. The molecule has 3 rings (SSSR count). The van der Waals surface area contributed by atoms with E-state index in [0.29, 0.717) is 11.4 Å². The lowest BCUT2D eigenvalue weighted by molar-refractivity contribution is 0.0600. The van der Waals surface area contributed by atoms with Crippen molar-refractivity contribution in [3.8, 4) is 11.3 Å². The van der Waals surface area contributed by atoms with E-state index < -0.39 is 0 Å². The van der Waals surface area contributed by atoms with Gasteiger partial charge in [-0.2, -0.15) is 0 Å². The highest BCUT2D eigenvalue weighted by Gasteiger charge is 2.14. The molecule has 0 spiro atoms. The zero-order valence-corrected chi connectivity index (χ0v) is 15.1. The molecule has 0 saturated carbocycles. The van der Waals surface area contributed by atoms with Crippen molar-refractivity contribution in [2.24, 2.45) is 0 Å². The molecule has 3 aromatic rings. The molecule has 1 aromatic heterocycles. The van der Waals surface area contributed by atoms with Crippen LogP contribution in [-0.4, -0.2) is 23.0 Å². The molecule has 26 heavy (non-hydrogen) atoms. The monoisotopic (exact) mass is 347 g/mol. The minimum absolute atomic E-state index is 0.0417. The summed E-state index contributed by atoms with van der Waals surface area (Å²) in [6, 6.07) is 15.4. The van der Waals surface area contributed by atoms with Gasteiger partial charge in [0.15, 0.2) is 0 Å². The smallest absolute Gasteiger partial charge is 0.337 e. The van der Waals surface area contributed by atoms with Crippen molar-refractivity contribution in [1.29, 1.82) is 0 Å². The van der Waals surface area contributed by atoms with E-state index in [1.807, 2.05) is 56.3 Å². The van der Waals surface area contributed by atoms with Gasteiger partial charge in [-0.25, -0.2) is 9.78 Å². The molecule has 0 bridgehead atoms. The standard InChI is InChI=1S/C21H21N3O2/c1-14-9-10-17(21(25)26-3)11-18(14)15(2)23-20-13-22-12-19(24-20)16-7-5-4-6-8-16/h4-13,15H,1-3H3,(H,23,24). The van der Waals surface area contributed by atoms with Crippen LogP contribution in [0.3, 0.4) is 0 Å². The number of nitrogens with one attached hydrogen (secondary N) is 1. The van der Waals surface area contributed by atoms with Crippen molar-refractivity contribution in [3.63, 3.8) is 0 Å². The number of rotatable bonds is 5. The first-order valence-electron chi connectivity index (χ1n) is 8.41. The molecule has 1 heterocycles. The number of nitrogens with zero attached hydrogens (tertiary/aromatic N) is 2. The van der Waals surface area contributed by atoms with Gasteiger partial charge in [0.2, 0.25) is 0 Å². The second-order valence-corrected chi connectivity index (χ2v) is 6.08. The number of carbonyl (C=O) groups excluding carboxylic acids is 1.